The Hall–Kier alpha value is -1.67. The van der Waals surface area contributed by atoms with E-state index in [0.717, 1.165) is 0 Å². The van der Waals surface area contributed by atoms with Crippen molar-refractivity contribution in [1.82, 2.24) is 0 Å². The molecule has 0 unspecified atom stereocenters. The SMILES string of the molecule is FC(F)(F)C(=Cc1ccc(C(F)(F)F)cc1)C(F)(F)F. The zero-order chi connectivity index (χ0) is 15.8. The fourth-order valence-electron chi connectivity index (χ4n) is 1.26. The molecule has 20 heavy (non-hydrogen) atoms. The smallest absolute Gasteiger partial charge is 0.166 e. The van der Waals surface area contributed by atoms with Crippen LogP contribution in [0.2, 0.25) is 0 Å². The van der Waals surface area contributed by atoms with E-state index in [1.165, 1.54) is 0 Å². The average Bonchev–Trinajstić information content (AvgIpc) is 2.22. The van der Waals surface area contributed by atoms with Gasteiger partial charge in [0.05, 0.1) is 5.56 Å². The van der Waals surface area contributed by atoms with E-state index in [4.69, 9.17) is 0 Å². The molecule has 0 heterocycles. The Morgan fingerprint density at radius 2 is 1.10 bits per heavy atom. The summed E-state index contributed by atoms with van der Waals surface area (Å²) in [4.78, 5) is 0. The van der Waals surface area contributed by atoms with Gasteiger partial charge in [0.2, 0.25) is 0 Å². The Labute approximate surface area is 106 Å². The van der Waals surface area contributed by atoms with Crippen molar-refractivity contribution in [3.63, 3.8) is 0 Å². The summed E-state index contributed by atoms with van der Waals surface area (Å²) >= 11 is 0. The maximum atomic E-state index is 12.2. The van der Waals surface area contributed by atoms with Crippen LogP contribution in [0.1, 0.15) is 11.1 Å². The van der Waals surface area contributed by atoms with Crippen molar-refractivity contribution in [1.29, 1.82) is 0 Å². The summed E-state index contributed by atoms with van der Waals surface area (Å²) < 4.78 is 110. The van der Waals surface area contributed by atoms with Gasteiger partial charge in [0, 0.05) is 0 Å². The van der Waals surface area contributed by atoms with E-state index >= 15 is 0 Å². The molecule has 0 saturated carbocycles. The second-order valence-electron chi connectivity index (χ2n) is 3.67. The standard InChI is InChI=1S/C11H5F9/c12-9(13,14)7-3-1-6(2-4-7)5-8(10(15,16)17)11(18,19)20/h1-5H. The topological polar surface area (TPSA) is 0 Å². The van der Waals surface area contributed by atoms with Gasteiger partial charge < -0.3 is 0 Å². The zero-order valence-electron chi connectivity index (χ0n) is 9.29. The van der Waals surface area contributed by atoms with E-state index < -0.39 is 35.2 Å². The number of hydrogen-bond donors (Lipinski definition) is 0. The van der Waals surface area contributed by atoms with Gasteiger partial charge in [0.1, 0.15) is 5.57 Å². The molecule has 0 aliphatic rings. The van der Waals surface area contributed by atoms with Gasteiger partial charge in [0.15, 0.2) is 0 Å². The van der Waals surface area contributed by atoms with Gasteiger partial charge in [-0.15, -0.1) is 0 Å². The molecule has 0 aromatic heterocycles. The molecule has 1 aromatic rings. The zero-order valence-corrected chi connectivity index (χ0v) is 9.29. The highest BCUT2D eigenvalue weighted by Gasteiger charge is 2.50. The van der Waals surface area contributed by atoms with E-state index in [-0.39, 0.29) is 6.08 Å². The Kier molecular flexibility index (Phi) is 4.12. The highest BCUT2D eigenvalue weighted by molar-refractivity contribution is 5.56. The fourth-order valence-corrected chi connectivity index (χ4v) is 1.26. The molecule has 0 saturated heterocycles. The number of halogens is 9. The van der Waals surface area contributed by atoms with Crippen LogP contribution in [0, 0.1) is 0 Å². The van der Waals surface area contributed by atoms with E-state index in [2.05, 4.69) is 0 Å². The minimum atomic E-state index is -5.65. The first-order valence-corrected chi connectivity index (χ1v) is 4.85. The van der Waals surface area contributed by atoms with E-state index in [9.17, 15) is 39.5 Å². The van der Waals surface area contributed by atoms with Crippen molar-refractivity contribution >= 4 is 6.08 Å². The van der Waals surface area contributed by atoms with Gasteiger partial charge in [-0.1, -0.05) is 12.1 Å². The molecular formula is C11H5F9. The highest BCUT2D eigenvalue weighted by Crippen LogP contribution is 2.40. The summed E-state index contributed by atoms with van der Waals surface area (Å²) in [5.74, 6) is 0. The second kappa shape index (κ2) is 5.02. The van der Waals surface area contributed by atoms with Crippen molar-refractivity contribution in [2.75, 3.05) is 0 Å². The Morgan fingerprint density at radius 1 is 0.700 bits per heavy atom. The fraction of sp³-hybridized carbons (Fsp3) is 0.273. The molecular weight excluding hydrogens is 303 g/mol. The molecule has 0 aliphatic carbocycles. The van der Waals surface area contributed by atoms with Crippen LogP contribution in [0.3, 0.4) is 0 Å². The summed E-state index contributed by atoms with van der Waals surface area (Å²) in [6.45, 7) is 0. The molecule has 0 bridgehead atoms. The van der Waals surface area contributed by atoms with Gasteiger partial charge >= 0.3 is 18.5 Å². The van der Waals surface area contributed by atoms with Crippen LogP contribution in [-0.2, 0) is 6.18 Å². The van der Waals surface area contributed by atoms with Crippen molar-refractivity contribution < 1.29 is 39.5 Å². The van der Waals surface area contributed by atoms with Crippen LogP contribution in [0.4, 0.5) is 39.5 Å². The Morgan fingerprint density at radius 3 is 1.40 bits per heavy atom. The molecule has 0 radical (unpaired) electrons. The van der Waals surface area contributed by atoms with Crippen LogP contribution in [-0.4, -0.2) is 12.4 Å². The molecule has 0 nitrogen and oxygen atoms in total. The molecule has 1 rings (SSSR count). The van der Waals surface area contributed by atoms with Crippen LogP contribution in [0.15, 0.2) is 29.8 Å². The van der Waals surface area contributed by atoms with Crippen molar-refractivity contribution in [2.45, 2.75) is 18.5 Å². The van der Waals surface area contributed by atoms with Crippen LogP contribution in [0.5, 0.6) is 0 Å². The lowest BCUT2D eigenvalue weighted by atomic mass is 10.1. The molecule has 1 aromatic carbocycles. The summed E-state index contributed by atoms with van der Waals surface area (Å²) in [5.41, 5.74) is -4.59. The number of alkyl halides is 9. The first kappa shape index (κ1) is 16.4. The van der Waals surface area contributed by atoms with E-state index in [1.807, 2.05) is 0 Å². The quantitative estimate of drug-likeness (QED) is 0.624. The van der Waals surface area contributed by atoms with Crippen molar-refractivity contribution in [3.05, 3.63) is 41.0 Å². The molecule has 0 fully saturated rings. The maximum Gasteiger partial charge on any atom is 0.421 e. The lowest BCUT2D eigenvalue weighted by Crippen LogP contribution is -2.25. The molecule has 0 atom stereocenters. The lowest BCUT2D eigenvalue weighted by Gasteiger charge is -2.15. The second-order valence-corrected chi connectivity index (χ2v) is 3.67. The highest BCUT2D eigenvalue weighted by atomic mass is 19.4. The number of allylic oxidation sites excluding steroid dienone is 1. The summed E-state index contributed by atoms with van der Waals surface area (Å²) in [5, 5.41) is 0. The minimum Gasteiger partial charge on any atom is -0.166 e. The van der Waals surface area contributed by atoms with Gasteiger partial charge in [-0.3, -0.25) is 0 Å². The molecule has 112 valence electrons. The lowest BCUT2D eigenvalue weighted by molar-refractivity contribution is -0.170. The minimum absolute atomic E-state index is 0.250. The van der Waals surface area contributed by atoms with Gasteiger partial charge in [-0.2, -0.15) is 39.5 Å². The van der Waals surface area contributed by atoms with Gasteiger partial charge in [-0.05, 0) is 23.8 Å². The number of benzene rings is 1. The first-order valence-electron chi connectivity index (χ1n) is 4.85. The number of hydrogen-bond acceptors (Lipinski definition) is 0. The monoisotopic (exact) mass is 308 g/mol. The van der Waals surface area contributed by atoms with Crippen LogP contribution in [0.25, 0.3) is 6.08 Å². The summed E-state index contributed by atoms with van der Waals surface area (Å²) in [6.07, 6.45) is -16.3. The van der Waals surface area contributed by atoms with Gasteiger partial charge in [-0.25, -0.2) is 0 Å². The molecule has 0 N–H and O–H groups in total. The third-order valence-corrected chi connectivity index (χ3v) is 2.16. The predicted molar refractivity (Wildman–Crippen MR) is 51.5 cm³/mol. The van der Waals surface area contributed by atoms with E-state index in [0.29, 0.717) is 24.3 Å². The summed E-state index contributed by atoms with van der Waals surface area (Å²) in [6, 6.07) is 1.85. The first-order chi connectivity index (χ1) is 8.82. The normalized spacial score (nSPS) is 13.2. The van der Waals surface area contributed by atoms with Crippen LogP contribution < -0.4 is 0 Å². The molecule has 9 heteroatoms. The molecule has 0 aliphatic heterocycles. The average molecular weight is 308 g/mol. The summed E-state index contributed by atoms with van der Waals surface area (Å²) in [7, 11) is 0. The van der Waals surface area contributed by atoms with E-state index in [1.54, 1.807) is 0 Å². The predicted octanol–water partition coefficient (Wildman–Crippen LogP) is 5.21. The third-order valence-electron chi connectivity index (χ3n) is 2.16. The van der Waals surface area contributed by atoms with Crippen molar-refractivity contribution in [3.8, 4) is 0 Å². The maximum absolute atomic E-state index is 12.2. The number of rotatable bonds is 1. The third kappa shape index (κ3) is 4.17. The molecule has 0 amide bonds. The molecule has 0 spiro atoms. The Bertz CT molecular complexity index is 469. The largest absolute Gasteiger partial charge is 0.421 e. The Balaban J connectivity index is 3.20. The van der Waals surface area contributed by atoms with Crippen molar-refractivity contribution in [2.24, 2.45) is 0 Å². The van der Waals surface area contributed by atoms with Crippen LogP contribution >= 0.6 is 0 Å². The van der Waals surface area contributed by atoms with Gasteiger partial charge in [0.25, 0.3) is 0 Å².